The van der Waals surface area contributed by atoms with Crippen LogP contribution in [0.15, 0.2) is 33.4 Å². The zero-order valence-electron chi connectivity index (χ0n) is 18.6. The van der Waals surface area contributed by atoms with Gasteiger partial charge in [0, 0.05) is 0 Å². The number of hydrogen-bond acceptors (Lipinski definition) is 0. The van der Waals surface area contributed by atoms with Crippen LogP contribution in [-0.2, 0) is 19.2 Å². The minimum atomic E-state index is 0. The fourth-order valence-electron chi connectivity index (χ4n) is 2.32. The molecule has 0 spiro atoms. The quantitative estimate of drug-likeness (QED) is 0.274. The Kier molecular flexibility index (Phi) is 31.2. The maximum atomic E-state index is 3.36. The Balaban J connectivity index is -0.0000000829. The van der Waals surface area contributed by atoms with Crippen LogP contribution in [0.5, 0.6) is 0 Å². The van der Waals surface area contributed by atoms with Gasteiger partial charge in [-0.05, 0) is 0 Å². The van der Waals surface area contributed by atoms with Crippen molar-refractivity contribution in [1.29, 1.82) is 0 Å². The molecule has 4 heteroatoms. The van der Waals surface area contributed by atoms with Crippen LogP contribution in [0.25, 0.3) is 0 Å². The molecule has 0 N–H and O–H groups in total. The van der Waals surface area contributed by atoms with E-state index in [0.717, 1.165) is 0 Å². The van der Waals surface area contributed by atoms with Gasteiger partial charge in [0.1, 0.15) is 0 Å². The maximum absolute atomic E-state index is 3.36. The summed E-state index contributed by atoms with van der Waals surface area (Å²) in [5.41, 5.74) is 8.49. The molecule has 2 rings (SSSR count). The zero-order valence-corrected chi connectivity index (χ0v) is 23.2. The van der Waals surface area contributed by atoms with Crippen LogP contribution >= 0.6 is 24.8 Å². The van der Waals surface area contributed by atoms with Gasteiger partial charge in [-0.25, -0.2) is 11.1 Å². The van der Waals surface area contributed by atoms with E-state index in [2.05, 4.69) is 81.4 Å². The summed E-state index contributed by atoms with van der Waals surface area (Å²) in [5.74, 6) is 1.12. The Hall–Kier alpha value is 0.471. The summed E-state index contributed by atoms with van der Waals surface area (Å²) in [7, 11) is 1.86. The van der Waals surface area contributed by atoms with Gasteiger partial charge in [-0.1, -0.05) is 53.4 Å². The minimum absolute atomic E-state index is 0. The average Bonchev–Trinajstić information content (AvgIpc) is 2.97. The predicted octanol–water partition coefficient (Wildman–Crippen LogP) is 7.05. The molecule has 26 heavy (non-hydrogen) atoms. The van der Waals surface area contributed by atoms with Crippen LogP contribution in [0, 0.1) is 37.8 Å². The molecule has 0 saturated carbocycles. The number of halogens is 2. The molecule has 2 aliphatic rings. The Morgan fingerprint density at radius 3 is 0.885 bits per heavy atom. The molecule has 2 unspecified atom stereocenters. The molecule has 2 aliphatic carbocycles. The van der Waals surface area contributed by atoms with Crippen LogP contribution in [0.4, 0.5) is 0 Å². The van der Waals surface area contributed by atoms with Crippen LogP contribution in [0.2, 0.25) is 0 Å². The zero-order chi connectivity index (χ0) is 20.0. The first-order chi connectivity index (χ1) is 11.3. The Morgan fingerprint density at radius 2 is 0.846 bits per heavy atom. The first-order valence-electron chi connectivity index (χ1n) is 8.58. The summed E-state index contributed by atoms with van der Waals surface area (Å²) in [6, 6.07) is 0. The Labute approximate surface area is 191 Å². The molecule has 0 aromatic rings. The second kappa shape index (κ2) is 21.8. The van der Waals surface area contributed by atoms with Crippen molar-refractivity contribution in [3.8, 4) is 0 Å². The summed E-state index contributed by atoms with van der Waals surface area (Å²) in [5, 5.41) is 0. The van der Waals surface area contributed by atoms with E-state index in [1.165, 1.54) is 33.4 Å². The summed E-state index contributed by atoms with van der Waals surface area (Å²) in [4.78, 5) is 0. The Bertz CT molecular complexity index is 444. The van der Waals surface area contributed by atoms with Gasteiger partial charge in [0.2, 0.25) is 0 Å². The van der Waals surface area contributed by atoms with Crippen molar-refractivity contribution < 1.29 is 19.2 Å². The summed E-state index contributed by atoms with van der Waals surface area (Å²) >= 11 is 2.03. The molecule has 0 amide bonds. The molecular weight excluding hydrogens is 411 g/mol. The van der Waals surface area contributed by atoms with Gasteiger partial charge in [0.15, 0.2) is 0 Å². The van der Waals surface area contributed by atoms with Crippen molar-refractivity contribution in [2.24, 2.45) is 11.8 Å². The van der Waals surface area contributed by atoms with Crippen LogP contribution < -0.4 is 0 Å². The summed E-state index contributed by atoms with van der Waals surface area (Å²) in [6.07, 6.45) is 6.72. The van der Waals surface area contributed by atoms with Crippen molar-refractivity contribution in [3.63, 3.8) is 0 Å². The molecule has 0 bridgehead atoms. The van der Waals surface area contributed by atoms with Gasteiger partial charge in [-0.15, -0.1) is 38.7 Å². The molecule has 0 fully saturated rings. The van der Waals surface area contributed by atoms with Crippen molar-refractivity contribution in [3.05, 3.63) is 59.4 Å². The van der Waals surface area contributed by atoms with E-state index in [1.807, 2.05) is 26.8 Å². The third-order valence-electron chi connectivity index (χ3n) is 4.47. The molecule has 0 radical (unpaired) electrons. The first kappa shape index (κ1) is 37.3. The third-order valence-corrected chi connectivity index (χ3v) is 4.47. The van der Waals surface area contributed by atoms with Gasteiger partial charge < -0.3 is 13.8 Å². The van der Waals surface area contributed by atoms with E-state index in [4.69, 9.17) is 0 Å². The number of rotatable bonds is 0. The van der Waals surface area contributed by atoms with Crippen LogP contribution in [0.3, 0.4) is 0 Å². The van der Waals surface area contributed by atoms with E-state index in [-0.39, 0.29) is 24.8 Å². The van der Waals surface area contributed by atoms with E-state index in [0.29, 0.717) is 11.8 Å². The average molecular weight is 451 g/mol. The Morgan fingerprint density at radius 1 is 0.654 bits per heavy atom. The molecule has 154 valence electrons. The summed E-state index contributed by atoms with van der Waals surface area (Å²) < 4.78 is 0. The number of allylic oxidation sites excluding steroid dienone is 8. The fraction of sp³-hybridized carbons (Fsp3) is 0.545. The van der Waals surface area contributed by atoms with E-state index in [1.54, 1.807) is 13.8 Å². The van der Waals surface area contributed by atoms with Crippen LogP contribution in [0.1, 0.15) is 69.2 Å². The monoisotopic (exact) mass is 450 g/mol. The van der Waals surface area contributed by atoms with Crippen LogP contribution in [-0.4, -0.2) is 7.63 Å². The van der Waals surface area contributed by atoms with Gasteiger partial charge in [-0.3, -0.25) is 12.2 Å². The van der Waals surface area contributed by atoms with Gasteiger partial charge in [0.05, 0.1) is 0 Å². The molecule has 0 saturated heterocycles. The van der Waals surface area contributed by atoms with E-state index in [9.17, 15) is 0 Å². The predicted molar refractivity (Wildman–Crippen MR) is 125 cm³/mol. The van der Waals surface area contributed by atoms with Crippen molar-refractivity contribution in [1.82, 2.24) is 0 Å². The van der Waals surface area contributed by atoms with Crippen molar-refractivity contribution in [2.45, 2.75) is 69.2 Å². The topological polar surface area (TPSA) is 0 Å². The van der Waals surface area contributed by atoms with Crippen molar-refractivity contribution in [2.75, 3.05) is 0 Å². The molecule has 0 aromatic carbocycles. The number of hydrogen-bond donors (Lipinski definition) is 0. The molecule has 0 aliphatic heterocycles. The molecule has 2 atom stereocenters. The third kappa shape index (κ3) is 12.8. The van der Waals surface area contributed by atoms with Gasteiger partial charge in [0.25, 0.3) is 0 Å². The standard InChI is InChI=1S/2C9H13.2C2H5.2ClH.H2Si.Ti/c2*1-6-5-7(2)9(4)8(6)3;2*1-2;;;;/h2*6H,1-4H3;2*1H2,2H3;2*1H;1H2;/q4*-1;;;;. The van der Waals surface area contributed by atoms with E-state index >= 15 is 0 Å². The fourth-order valence-corrected chi connectivity index (χ4v) is 2.32. The van der Waals surface area contributed by atoms with Gasteiger partial charge >= 0.3 is 26.8 Å². The van der Waals surface area contributed by atoms with Crippen molar-refractivity contribution >= 4 is 32.4 Å². The molecular formula is C22H40Cl2SiTi-4. The van der Waals surface area contributed by atoms with E-state index < -0.39 is 0 Å². The molecule has 0 aromatic heterocycles. The molecule has 0 nitrogen and oxygen atoms in total. The molecule has 0 heterocycles. The second-order valence-corrected chi connectivity index (χ2v) is 5.60. The summed E-state index contributed by atoms with van der Waals surface area (Å²) in [6.45, 7) is 27.3. The van der Waals surface area contributed by atoms with Gasteiger partial charge in [-0.2, -0.15) is 36.1 Å². The SMILES string of the molecule is CC1=[C-]C(C)C(C)=C1C.CC1=[C-]C(C)C(C)=C1C.Cl.Cl.[CH2-]C.[CH2-]C.[SiH2]=[Ti]. The normalized spacial score (nSPS) is 19.3. The first-order valence-corrected chi connectivity index (χ1v) is 12.6. The second-order valence-electron chi connectivity index (χ2n) is 5.60.